The van der Waals surface area contributed by atoms with Gasteiger partial charge in [0.15, 0.2) is 0 Å². The number of piperidine rings is 2. The summed E-state index contributed by atoms with van der Waals surface area (Å²) in [6.07, 6.45) is 5.56. The highest BCUT2D eigenvalue weighted by Gasteiger charge is 2.30. The largest absolute Gasteiger partial charge is 0.481 e. The number of hydrogen-bond donors (Lipinski definition) is 2. The molecule has 2 heterocycles. The fourth-order valence-corrected chi connectivity index (χ4v) is 3.24. The number of amides is 1. The topological polar surface area (TPSA) is 86.9 Å². The number of carbonyl (C=O) groups is 2. The van der Waals surface area contributed by atoms with Gasteiger partial charge in [-0.3, -0.25) is 9.59 Å². The number of carboxylic acid groups (broad SMARTS) is 1. The molecule has 1 unspecified atom stereocenters. The highest BCUT2D eigenvalue weighted by atomic mass is 16.4. The minimum atomic E-state index is -1.02. The summed E-state index contributed by atoms with van der Waals surface area (Å²) in [7, 11) is 0. The fraction of sp³-hybridized carbons (Fsp3) is 0.857. The van der Waals surface area contributed by atoms with Gasteiger partial charge in [-0.25, -0.2) is 0 Å². The molecule has 114 valence electrons. The van der Waals surface area contributed by atoms with Crippen molar-refractivity contribution in [2.75, 3.05) is 26.2 Å². The van der Waals surface area contributed by atoms with Crippen LogP contribution in [0.25, 0.3) is 0 Å². The third-order valence-corrected chi connectivity index (χ3v) is 4.39. The Labute approximate surface area is 119 Å². The third kappa shape index (κ3) is 3.93. The predicted octanol–water partition coefficient (Wildman–Crippen LogP) is 0.265. The minimum absolute atomic E-state index is 0.218. The average molecular weight is 283 g/mol. The van der Waals surface area contributed by atoms with Crippen molar-refractivity contribution in [1.29, 1.82) is 0 Å². The molecule has 0 radical (unpaired) electrons. The summed E-state index contributed by atoms with van der Waals surface area (Å²) < 4.78 is 0. The lowest BCUT2D eigenvalue weighted by Gasteiger charge is -2.40. The standard InChI is InChI=1S/C14H25N3O3/c15-12(10-13(18)19)14(20)17-8-4-11(5-9-17)16-6-2-1-3-7-16/h11-12H,1-10,15H2,(H,18,19). The van der Waals surface area contributed by atoms with Gasteiger partial charge in [-0.05, 0) is 38.8 Å². The van der Waals surface area contributed by atoms with Crippen molar-refractivity contribution >= 4 is 11.9 Å². The third-order valence-electron chi connectivity index (χ3n) is 4.39. The van der Waals surface area contributed by atoms with Crippen LogP contribution in [0.5, 0.6) is 0 Å². The summed E-state index contributed by atoms with van der Waals surface area (Å²) in [5, 5.41) is 8.69. The number of aliphatic carboxylic acids is 1. The molecule has 2 rings (SSSR count). The summed E-state index contributed by atoms with van der Waals surface area (Å²) in [5.41, 5.74) is 5.64. The minimum Gasteiger partial charge on any atom is -0.481 e. The van der Waals surface area contributed by atoms with E-state index in [9.17, 15) is 9.59 Å². The average Bonchev–Trinajstić information content (AvgIpc) is 2.47. The zero-order valence-electron chi connectivity index (χ0n) is 12.0. The zero-order chi connectivity index (χ0) is 14.5. The van der Waals surface area contributed by atoms with Crippen LogP contribution in [0.1, 0.15) is 38.5 Å². The monoisotopic (exact) mass is 283 g/mol. The van der Waals surface area contributed by atoms with E-state index in [1.54, 1.807) is 4.90 Å². The fourth-order valence-electron chi connectivity index (χ4n) is 3.24. The molecule has 0 saturated carbocycles. The maximum Gasteiger partial charge on any atom is 0.305 e. The number of nitrogens with two attached hydrogens (primary N) is 1. The summed E-state index contributed by atoms with van der Waals surface area (Å²) in [5.74, 6) is -1.24. The summed E-state index contributed by atoms with van der Waals surface area (Å²) in [4.78, 5) is 26.9. The van der Waals surface area contributed by atoms with Gasteiger partial charge in [0.05, 0.1) is 12.5 Å². The first-order chi connectivity index (χ1) is 9.58. The van der Waals surface area contributed by atoms with Crippen LogP contribution < -0.4 is 5.73 Å². The number of hydrogen-bond acceptors (Lipinski definition) is 4. The summed E-state index contributed by atoms with van der Waals surface area (Å²) in [6, 6.07) is -0.325. The number of rotatable bonds is 4. The molecular formula is C14H25N3O3. The highest BCUT2D eigenvalue weighted by Crippen LogP contribution is 2.21. The van der Waals surface area contributed by atoms with Gasteiger partial charge in [-0.1, -0.05) is 6.42 Å². The smallest absolute Gasteiger partial charge is 0.305 e. The van der Waals surface area contributed by atoms with E-state index in [1.807, 2.05) is 0 Å². The van der Waals surface area contributed by atoms with E-state index in [0.717, 1.165) is 12.8 Å². The molecule has 1 amide bonds. The van der Waals surface area contributed by atoms with Crippen LogP contribution in [0.2, 0.25) is 0 Å². The van der Waals surface area contributed by atoms with Crippen molar-refractivity contribution in [3.8, 4) is 0 Å². The summed E-state index contributed by atoms with van der Waals surface area (Å²) in [6.45, 7) is 3.76. The van der Waals surface area contributed by atoms with Crippen molar-refractivity contribution < 1.29 is 14.7 Å². The SMILES string of the molecule is NC(CC(=O)O)C(=O)N1CCC(N2CCCCC2)CC1. The van der Waals surface area contributed by atoms with Crippen LogP contribution in [0, 0.1) is 0 Å². The molecule has 6 heteroatoms. The first-order valence-corrected chi connectivity index (χ1v) is 7.58. The molecule has 2 aliphatic heterocycles. The van der Waals surface area contributed by atoms with E-state index in [4.69, 9.17) is 10.8 Å². The van der Waals surface area contributed by atoms with E-state index in [2.05, 4.69) is 4.90 Å². The second-order valence-electron chi connectivity index (χ2n) is 5.86. The predicted molar refractivity (Wildman–Crippen MR) is 75.3 cm³/mol. The Balaban J connectivity index is 1.78. The van der Waals surface area contributed by atoms with Gasteiger partial charge in [0, 0.05) is 19.1 Å². The molecule has 0 aromatic carbocycles. The van der Waals surface area contributed by atoms with Gasteiger partial charge in [0.25, 0.3) is 0 Å². The number of nitrogens with zero attached hydrogens (tertiary/aromatic N) is 2. The second kappa shape index (κ2) is 7.04. The maximum absolute atomic E-state index is 12.0. The Morgan fingerprint density at radius 3 is 2.25 bits per heavy atom. The Morgan fingerprint density at radius 2 is 1.70 bits per heavy atom. The van der Waals surface area contributed by atoms with Crippen LogP contribution in [0.15, 0.2) is 0 Å². The molecule has 2 saturated heterocycles. The van der Waals surface area contributed by atoms with Crippen LogP contribution in [-0.2, 0) is 9.59 Å². The molecule has 3 N–H and O–H groups in total. The maximum atomic E-state index is 12.0. The van der Waals surface area contributed by atoms with Crippen molar-refractivity contribution in [2.24, 2.45) is 5.73 Å². The van der Waals surface area contributed by atoms with Crippen LogP contribution in [0.4, 0.5) is 0 Å². The highest BCUT2D eigenvalue weighted by molar-refractivity contribution is 5.86. The van der Waals surface area contributed by atoms with Gasteiger partial charge in [0.1, 0.15) is 0 Å². The van der Waals surface area contributed by atoms with Gasteiger partial charge < -0.3 is 20.6 Å². The van der Waals surface area contributed by atoms with Crippen molar-refractivity contribution in [2.45, 2.75) is 50.6 Å². The lowest BCUT2D eigenvalue weighted by Crippen LogP contribution is -2.52. The number of carboxylic acids is 1. The molecule has 6 nitrogen and oxygen atoms in total. The van der Waals surface area contributed by atoms with Gasteiger partial charge >= 0.3 is 5.97 Å². The molecule has 0 spiro atoms. The van der Waals surface area contributed by atoms with Crippen molar-refractivity contribution in [3.05, 3.63) is 0 Å². The lowest BCUT2D eigenvalue weighted by atomic mass is 9.99. The number of carbonyl (C=O) groups excluding carboxylic acids is 1. The van der Waals surface area contributed by atoms with E-state index in [0.29, 0.717) is 19.1 Å². The van der Waals surface area contributed by atoms with Crippen LogP contribution >= 0.6 is 0 Å². The van der Waals surface area contributed by atoms with Gasteiger partial charge in [-0.2, -0.15) is 0 Å². The Hall–Kier alpha value is -1.14. The molecule has 2 aliphatic rings. The van der Waals surface area contributed by atoms with E-state index in [1.165, 1.54) is 32.4 Å². The van der Waals surface area contributed by atoms with Crippen molar-refractivity contribution in [1.82, 2.24) is 9.80 Å². The molecule has 0 aliphatic carbocycles. The zero-order valence-corrected chi connectivity index (χ0v) is 12.0. The van der Waals surface area contributed by atoms with Crippen LogP contribution in [0.3, 0.4) is 0 Å². The molecule has 2 fully saturated rings. The van der Waals surface area contributed by atoms with Crippen molar-refractivity contribution in [3.63, 3.8) is 0 Å². The molecular weight excluding hydrogens is 258 g/mol. The first-order valence-electron chi connectivity index (χ1n) is 7.58. The Bertz CT molecular complexity index is 348. The second-order valence-corrected chi connectivity index (χ2v) is 5.86. The van der Waals surface area contributed by atoms with Crippen LogP contribution in [-0.4, -0.2) is 65.0 Å². The Morgan fingerprint density at radius 1 is 1.10 bits per heavy atom. The van der Waals surface area contributed by atoms with Gasteiger partial charge in [0.2, 0.25) is 5.91 Å². The molecule has 20 heavy (non-hydrogen) atoms. The van der Waals surface area contributed by atoms with E-state index in [-0.39, 0.29) is 12.3 Å². The summed E-state index contributed by atoms with van der Waals surface area (Å²) >= 11 is 0. The van der Waals surface area contributed by atoms with E-state index < -0.39 is 12.0 Å². The molecule has 1 atom stereocenters. The normalized spacial score (nSPS) is 23.6. The van der Waals surface area contributed by atoms with Gasteiger partial charge in [-0.15, -0.1) is 0 Å². The first kappa shape index (κ1) is 15.3. The quantitative estimate of drug-likeness (QED) is 0.773. The lowest BCUT2D eigenvalue weighted by molar-refractivity contribution is -0.142. The van der Waals surface area contributed by atoms with E-state index >= 15 is 0 Å². The molecule has 0 aromatic rings. The number of likely N-dealkylation sites (tertiary alicyclic amines) is 2. The Kier molecular flexibility index (Phi) is 5.37. The molecule has 0 bridgehead atoms. The molecule has 0 aromatic heterocycles.